The van der Waals surface area contributed by atoms with Crippen LogP contribution in [0, 0.1) is 11.8 Å². The molecule has 0 aromatic carbocycles. The molecule has 1 aromatic rings. The highest BCUT2D eigenvalue weighted by Crippen LogP contribution is 2.18. The zero-order chi connectivity index (χ0) is 15.1. The number of pyridine rings is 1. The molecule has 1 fully saturated rings. The maximum absolute atomic E-state index is 12.2. The number of hydrogen-bond acceptors (Lipinski definition) is 4. The van der Waals surface area contributed by atoms with Crippen LogP contribution in [0.5, 0.6) is 0 Å². The minimum absolute atomic E-state index is 0.182. The smallest absolute Gasteiger partial charge is 0.270 e. The molecule has 0 radical (unpaired) electrons. The molecule has 0 spiro atoms. The number of aromatic nitrogens is 1. The first kappa shape index (κ1) is 15.5. The Morgan fingerprint density at radius 2 is 2.19 bits per heavy atom. The van der Waals surface area contributed by atoms with E-state index in [0.29, 0.717) is 12.2 Å². The summed E-state index contributed by atoms with van der Waals surface area (Å²) in [6, 6.07) is 3.20. The van der Waals surface area contributed by atoms with Gasteiger partial charge in [-0.05, 0) is 25.0 Å². The highest BCUT2D eigenvalue weighted by Gasteiger charge is 2.23. The third-order valence-corrected chi connectivity index (χ3v) is 3.63. The molecule has 1 aliphatic rings. The van der Waals surface area contributed by atoms with Gasteiger partial charge in [-0.3, -0.25) is 4.79 Å². The molecule has 1 amide bonds. The van der Waals surface area contributed by atoms with Crippen LogP contribution in [0.15, 0.2) is 18.3 Å². The van der Waals surface area contributed by atoms with Crippen molar-refractivity contribution >= 4 is 5.91 Å². The largest absolute Gasteiger partial charge is 0.391 e. The van der Waals surface area contributed by atoms with E-state index in [1.165, 1.54) is 0 Å². The fraction of sp³-hybridized carbons (Fsp3) is 0.500. The monoisotopic (exact) mass is 287 g/mol. The Kier molecular flexibility index (Phi) is 5.73. The van der Waals surface area contributed by atoms with Crippen molar-refractivity contribution < 1.29 is 9.90 Å². The van der Waals surface area contributed by atoms with Crippen molar-refractivity contribution in [3.63, 3.8) is 0 Å². The Hall–Kier alpha value is -1.90. The van der Waals surface area contributed by atoms with Gasteiger partial charge in [0.25, 0.3) is 5.91 Å². The Morgan fingerprint density at radius 3 is 2.90 bits per heavy atom. The van der Waals surface area contributed by atoms with Crippen molar-refractivity contribution in [2.45, 2.75) is 44.2 Å². The molecule has 0 bridgehead atoms. The molecular formula is C16H21N3O2. The second kappa shape index (κ2) is 7.77. The van der Waals surface area contributed by atoms with Crippen LogP contribution in [-0.4, -0.2) is 34.7 Å². The van der Waals surface area contributed by atoms with Gasteiger partial charge in [0.15, 0.2) is 0 Å². The molecule has 0 aliphatic heterocycles. The van der Waals surface area contributed by atoms with Gasteiger partial charge in [0.05, 0.1) is 18.7 Å². The van der Waals surface area contributed by atoms with E-state index in [4.69, 9.17) is 5.73 Å². The zero-order valence-electron chi connectivity index (χ0n) is 12.0. The lowest BCUT2D eigenvalue weighted by molar-refractivity contribution is 0.0814. The summed E-state index contributed by atoms with van der Waals surface area (Å²) < 4.78 is 0. The summed E-state index contributed by atoms with van der Waals surface area (Å²) in [5.74, 6) is 5.34. The number of aliphatic hydroxyl groups excluding tert-OH is 1. The van der Waals surface area contributed by atoms with Crippen molar-refractivity contribution in [1.29, 1.82) is 0 Å². The molecule has 1 heterocycles. The SMILES string of the molecule is NCC#Cc1ccc(C(=O)NC2CCCCCC2O)nc1. The Morgan fingerprint density at radius 1 is 1.38 bits per heavy atom. The van der Waals surface area contributed by atoms with Gasteiger partial charge in [0.1, 0.15) is 5.69 Å². The van der Waals surface area contributed by atoms with E-state index in [1.807, 2.05) is 0 Å². The van der Waals surface area contributed by atoms with Crippen LogP contribution in [-0.2, 0) is 0 Å². The summed E-state index contributed by atoms with van der Waals surface area (Å²) in [4.78, 5) is 16.3. The highest BCUT2D eigenvalue weighted by atomic mass is 16.3. The maximum atomic E-state index is 12.2. The Bertz CT molecular complexity index is 531. The third kappa shape index (κ3) is 4.55. The molecule has 1 aliphatic carbocycles. The maximum Gasteiger partial charge on any atom is 0.270 e. The van der Waals surface area contributed by atoms with Crippen LogP contribution in [0.25, 0.3) is 0 Å². The van der Waals surface area contributed by atoms with Crippen molar-refractivity contribution in [3.05, 3.63) is 29.6 Å². The number of carbonyl (C=O) groups excluding carboxylic acids is 1. The molecule has 2 unspecified atom stereocenters. The Balaban J connectivity index is 1.99. The predicted molar refractivity (Wildman–Crippen MR) is 80.5 cm³/mol. The molecule has 1 saturated carbocycles. The van der Waals surface area contributed by atoms with Gasteiger partial charge in [-0.2, -0.15) is 0 Å². The van der Waals surface area contributed by atoms with Crippen LogP contribution < -0.4 is 11.1 Å². The lowest BCUT2D eigenvalue weighted by Gasteiger charge is -2.21. The first-order chi connectivity index (χ1) is 10.2. The third-order valence-electron chi connectivity index (χ3n) is 3.63. The fourth-order valence-corrected chi connectivity index (χ4v) is 2.45. The van der Waals surface area contributed by atoms with Crippen molar-refractivity contribution in [2.24, 2.45) is 5.73 Å². The van der Waals surface area contributed by atoms with E-state index >= 15 is 0 Å². The zero-order valence-corrected chi connectivity index (χ0v) is 12.0. The van der Waals surface area contributed by atoms with E-state index in [0.717, 1.165) is 37.7 Å². The van der Waals surface area contributed by atoms with E-state index in [2.05, 4.69) is 22.1 Å². The van der Waals surface area contributed by atoms with Crippen LogP contribution in [0.3, 0.4) is 0 Å². The van der Waals surface area contributed by atoms with Gasteiger partial charge >= 0.3 is 0 Å². The predicted octanol–water partition coefficient (Wildman–Crippen LogP) is 0.815. The van der Waals surface area contributed by atoms with Crippen molar-refractivity contribution in [1.82, 2.24) is 10.3 Å². The first-order valence-electron chi connectivity index (χ1n) is 7.34. The summed E-state index contributed by atoms with van der Waals surface area (Å²) in [5.41, 5.74) is 6.37. The number of nitrogens with two attached hydrogens (primary N) is 1. The molecule has 21 heavy (non-hydrogen) atoms. The summed E-state index contributed by atoms with van der Waals surface area (Å²) in [6.07, 6.45) is 5.80. The van der Waals surface area contributed by atoms with Crippen LogP contribution in [0.2, 0.25) is 0 Å². The first-order valence-corrected chi connectivity index (χ1v) is 7.34. The summed E-state index contributed by atoms with van der Waals surface area (Å²) in [7, 11) is 0. The lowest BCUT2D eigenvalue weighted by atomic mass is 10.1. The van der Waals surface area contributed by atoms with Crippen LogP contribution >= 0.6 is 0 Å². The fourth-order valence-electron chi connectivity index (χ4n) is 2.45. The molecule has 0 saturated heterocycles. The number of nitrogens with one attached hydrogen (secondary N) is 1. The van der Waals surface area contributed by atoms with Gasteiger partial charge in [-0.15, -0.1) is 0 Å². The van der Waals surface area contributed by atoms with Gasteiger partial charge in [0, 0.05) is 11.8 Å². The van der Waals surface area contributed by atoms with E-state index < -0.39 is 6.10 Å². The molecule has 5 heteroatoms. The second-order valence-electron chi connectivity index (χ2n) is 5.22. The average Bonchev–Trinajstić information content (AvgIpc) is 2.70. The standard InChI is InChI=1S/C16H21N3O2/c17-10-4-5-12-8-9-14(18-11-12)16(21)19-13-6-2-1-3-7-15(13)20/h8-9,11,13,15,20H,1-3,6-7,10,17H2,(H,19,21). The molecule has 5 nitrogen and oxygen atoms in total. The summed E-state index contributed by atoms with van der Waals surface area (Å²) in [6.45, 7) is 0.293. The molecule has 2 atom stereocenters. The minimum Gasteiger partial charge on any atom is -0.391 e. The average molecular weight is 287 g/mol. The molecule has 1 aromatic heterocycles. The summed E-state index contributed by atoms with van der Waals surface area (Å²) >= 11 is 0. The van der Waals surface area contributed by atoms with E-state index in [9.17, 15) is 9.90 Å². The quantitative estimate of drug-likeness (QED) is 0.555. The van der Waals surface area contributed by atoms with Crippen LogP contribution in [0.4, 0.5) is 0 Å². The number of hydrogen-bond donors (Lipinski definition) is 3. The molecular weight excluding hydrogens is 266 g/mol. The molecule has 4 N–H and O–H groups in total. The lowest BCUT2D eigenvalue weighted by Crippen LogP contribution is -2.42. The number of nitrogens with zero attached hydrogens (tertiary/aromatic N) is 1. The topological polar surface area (TPSA) is 88.2 Å². The normalized spacial score (nSPS) is 21.8. The molecule has 2 rings (SSSR count). The van der Waals surface area contributed by atoms with Gasteiger partial charge < -0.3 is 16.2 Å². The summed E-state index contributed by atoms with van der Waals surface area (Å²) in [5, 5.41) is 12.9. The minimum atomic E-state index is -0.467. The van der Waals surface area contributed by atoms with Crippen LogP contribution in [0.1, 0.15) is 48.2 Å². The molecule has 112 valence electrons. The van der Waals surface area contributed by atoms with Gasteiger partial charge in [0.2, 0.25) is 0 Å². The van der Waals surface area contributed by atoms with Gasteiger partial charge in [-0.1, -0.05) is 31.1 Å². The van der Waals surface area contributed by atoms with Gasteiger partial charge in [-0.25, -0.2) is 4.98 Å². The van der Waals surface area contributed by atoms with Crippen molar-refractivity contribution in [2.75, 3.05) is 6.54 Å². The highest BCUT2D eigenvalue weighted by molar-refractivity contribution is 5.92. The number of carbonyl (C=O) groups is 1. The van der Waals surface area contributed by atoms with E-state index in [1.54, 1.807) is 18.3 Å². The number of amides is 1. The second-order valence-corrected chi connectivity index (χ2v) is 5.22. The number of rotatable bonds is 2. The Labute approximate surface area is 125 Å². The van der Waals surface area contributed by atoms with Crippen molar-refractivity contribution in [3.8, 4) is 11.8 Å². The van der Waals surface area contributed by atoms with E-state index in [-0.39, 0.29) is 11.9 Å². The number of aliphatic hydroxyl groups is 1.